The normalized spacial score (nSPS) is 13.2. The molecule has 0 saturated heterocycles. The monoisotopic (exact) mass is 387 g/mol. The lowest BCUT2D eigenvalue weighted by molar-refractivity contribution is -0.131. The van der Waals surface area contributed by atoms with E-state index < -0.39 is 23.9 Å². The van der Waals surface area contributed by atoms with E-state index in [4.69, 9.17) is 28.9 Å². The van der Waals surface area contributed by atoms with Crippen molar-refractivity contribution in [3.8, 4) is 0 Å². The third kappa shape index (κ3) is 6.92. The molecular weight excluding hydrogens is 365 g/mol. The summed E-state index contributed by atoms with van der Waals surface area (Å²) in [5, 5.41) is 5.94. The predicted octanol–water partition coefficient (Wildman–Crippen LogP) is 2.06. The van der Waals surface area contributed by atoms with E-state index in [9.17, 15) is 14.4 Å². The minimum Gasteiger partial charge on any atom is -0.368 e. The van der Waals surface area contributed by atoms with Gasteiger partial charge in [0, 0.05) is 23.4 Å². The summed E-state index contributed by atoms with van der Waals surface area (Å²) in [7, 11) is 0. The van der Waals surface area contributed by atoms with Crippen LogP contribution in [0, 0.1) is 5.92 Å². The van der Waals surface area contributed by atoms with Crippen LogP contribution in [-0.4, -0.2) is 29.8 Å². The van der Waals surface area contributed by atoms with Gasteiger partial charge in [0.05, 0.1) is 0 Å². The molecule has 0 saturated carbocycles. The standard InChI is InChI=1S/C17H23Cl2N3O3/c1-9(2)7-15(21-10(3)23)17(25)22-14(16(20)24)8-11-12(18)5-4-6-13(11)19/h4-6,9,14-15H,7-8H2,1-3H3,(H2,20,24)(H,21,23)(H,22,25)/t14-,15+/m1/s1. The molecule has 6 nitrogen and oxygen atoms in total. The van der Waals surface area contributed by atoms with Gasteiger partial charge in [0.2, 0.25) is 17.7 Å². The highest BCUT2D eigenvalue weighted by atomic mass is 35.5. The van der Waals surface area contributed by atoms with Crippen LogP contribution in [0.15, 0.2) is 18.2 Å². The molecule has 0 bridgehead atoms. The van der Waals surface area contributed by atoms with Crippen molar-refractivity contribution in [1.29, 1.82) is 0 Å². The number of hydrogen-bond donors (Lipinski definition) is 3. The molecule has 1 aromatic carbocycles. The molecule has 1 aromatic rings. The van der Waals surface area contributed by atoms with Gasteiger partial charge < -0.3 is 16.4 Å². The van der Waals surface area contributed by atoms with Gasteiger partial charge in [-0.3, -0.25) is 14.4 Å². The number of rotatable bonds is 8. The summed E-state index contributed by atoms with van der Waals surface area (Å²) in [4.78, 5) is 35.6. The van der Waals surface area contributed by atoms with Gasteiger partial charge in [0.1, 0.15) is 12.1 Å². The first-order chi connectivity index (χ1) is 11.6. The van der Waals surface area contributed by atoms with Crippen LogP contribution in [0.4, 0.5) is 0 Å². The van der Waals surface area contributed by atoms with Crippen molar-refractivity contribution >= 4 is 40.9 Å². The van der Waals surface area contributed by atoms with E-state index in [-0.39, 0.29) is 18.2 Å². The molecule has 0 heterocycles. The molecule has 2 atom stereocenters. The molecule has 8 heteroatoms. The van der Waals surface area contributed by atoms with E-state index >= 15 is 0 Å². The second kappa shape index (κ2) is 9.63. The van der Waals surface area contributed by atoms with Gasteiger partial charge in [0.15, 0.2) is 0 Å². The average Bonchev–Trinajstić information content (AvgIpc) is 2.47. The lowest BCUT2D eigenvalue weighted by atomic mass is 10.0. The Morgan fingerprint density at radius 1 is 1.08 bits per heavy atom. The Morgan fingerprint density at radius 3 is 2.08 bits per heavy atom. The smallest absolute Gasteiger partial charge is 0.243 e. The van der Waals surface area contributed by atoms with Gasteiger partial charge in [-0.05, 0) is 30.0 Å². The average molecular weight is 388 g/mol. The lowest BCUT2D eigenvalue weighted by Crippen LogP contribution is -2.53. The van der Waals surface area contributed by atoms with E-state index in [1.54, 1.807) is 18.2 Å². The van der Waals surface area contributed by atoms with Gasteiger partial charge in [-0.2, -0.15) is 0 Å². The first kappa shape index (κ1) is 21.3. The van der Waals surface area contributed by atoms with Gasteiger partial charge in [-0.25, -0.2) is 0 Å². The number of hydrogen-bond acceptors (Lipinski definition) is 3. The minimum atomic E-state index is -0.992. The van der Waals surface area contributed by atoms with E-state index in [1.165, 1.54) is 6.92 Å². The summed E-state index contributed by atoms with van der Waals surface area (Å²) >= 11 is 12.2. The molecule has 0 spiro atoms. The zero-order valence-corrected chi connectivity index (χ0v) is 15.9. The Balaban J connectivity index is 2.93. The SMILES string of the molecule is CC(=O)N[C@@H](CC(C)C)C(=O)N[C@H](Cc1c(Cl)cccc1Cl)C(N)=O. The van der Waals surface area contributed by atoms with Gasteiger partial charge in [-0.1, -0.05) is 43.1 Å². The number of benzene rings is 1. The second-order valence-corrected chi connectivity index (χ2v) is 7.06. The first-order valence-corrected chi connectivity index (χ1v) is 8.67. The van der Waals surface area contributed by atoms with Gasteiger partial charge in [0.25, 0.3) is 0 Å². The van der Waals surface area contributed by atoms with Crippen molar-refractivity contribution in [2.75, 3.05) is 0 Å². The predicted molar refractivity (Wildman–Crippen MR) is 98.4 cm³/mol. The van der Waals surface area contributed by atoms with Crippen LogP contribution < -0.4 is 16.4 Å². The topological polar surface area (TPSA) is 101 Å². The highest BCUT2D eigenvalue weighted by Gasteiger charge is 2.26. The molecular formula is C17H23Cl2N3O3. The zero-order valence-electron chi connectivity index (χ0n) is 14.4. The van der Waals surface area contributed by atoms with Crippen molar-refractivity contribution in [3.05, 3.63) is 33.8 Å². The molecule has 3 amide bonds. The molecule has 0 radical (unpaired) electrons. The molecule has 1 rings (SSSR count). The fourth-order valence-electron chi connectivity index (χ4n) is 2.37. The quantitative estimate of drug-likeness (QED) is 0.635. The number of primary amides is 1. The molecule has 4 N–H and O–H groups in total. The highest BCUT2D eigenvalue weighted by Crippen LogP contribution is 2.25. The second-order valence-electron chi connectivity index (χ2n) is 6.25. The molecule has 0 aliphatic rings. The van der Waals surface area contributed by atoms with Crippen LogP contribution in [0.3, 0.4) is 0 Å². The van der Waals surface area contributed by atoms with Crippen molar-refractivity contribution in [1.82, 2.24) is 10.6 Å². The van der Waals surface area contributed by atoms with E-state index in [1.807, 2.05) is 13.8 Å². The Bertz CT molecular complexity index is 630. The number of carbonyl (C=O) groups excluding carboxylic acids is 3. The van der Waals surface area contributed by atoms with Gasteiger partial charge in [-0.15, -0.1) is 0 Å². The molecule has 0 aromatic heterocycles. The number of amides is 3. The molecule has 0 aliphatic carbocycles. The first-order valence-electron chi connectivity index (χ1n) is 7.91. The van der Waals surface area contributed by atoms with Gasteiger partial charge >= 0.3 is 0 Å². The van der Waals surface area contributed by atoms with Crippen molar-refractivity contribution in [2.24, 2.45) is 11.7 Å². The fourth-order valence-corrected chi connectivity index (χ4v) is 2.93. The van der Waals surface area contributed by atoms with Crippen LogP contribution in [0.5, 0.6) is 0 Å². The Kier molecular flexibility index (Phi) is 8.19. The third-order valence-corrected chi connectivity index (χ3v) is 4.24. The van der Waals surface area contributed by atoms with Crippen LogP contribution in [0.25, 0.3) is 0 Å². The molecule has 0 aliphatic heterocycles. The molecule has 0 unspecified atom stereocenters. The van der Waals surface area contributed by atoms with Crippen LogP contribution in [0.2, 0.25) is 10.0 Å². The summed E-state index contributed by atoms with van der Waals surface area (Å²) in [6.45, 7) is 5.18. The van der Waals surface area contributed by atoms with Crippen LogP contribution in [-0.2, 0) is 20.8 Å². The minimum absolute atomic E-state index is 0.0635. The number of halogens is 2. The van der Waals surface area contributed by atoms with Crippen molar-refractivity contribution in [2.45, 2.75) is 45.7 Å². The van der Waals surface area contributed by atoms with E-state index in [0.717, 1.165) is 0 Å². The van der Waals surface area contributed by atoms with Crippen molar-refractivity contribution < 1.29 is 14.4 Å². The summed E-state index contributed by atoms with van der Waals surface area (Å²) in [6, 6.07) is 3.22. The number of nitrogens with two attached hydrogens (primary N) is 1. The maximum absolute atomic E-state index is 12.5. The highest BCUT2D eigenvalue weighted by molar-refractivity contribution is 6.36. The summed E-state index contributed by atoms with van der Waals surface area (Å²) in [5.41, 5.74) is 5.93. The molecule has 0 fully saturated rings. The van der Waals surface area contributed by atoms with Crippen LogP contribution >= 0.6 is 23.2 Å². The third-order valence-electron chi connectivity index (χ3n) is 3.53. The number of carbonyl (C=O) groups is 3. The maximum atomic E-state index is 12.5. The fraction of sp³-hybridized carbons (Fsp3) is 0.471. The maximum Gasteiger partial charge on any atom is 0.243 e. The summed E-state index contributed by atoms with van der Waals surface area (Å²) in [6.07, 6.45) is 0.498. The summed E-state index contributed by atoms with van der Waals surface area (Å²) < 4.78 is 0. The Labute approximate surface area is 157 Å². The number of nitrogens with one attached hydrogen (secondary N) is 2. The Morgan fingerprint density at radius 2 is 1.64 bits per heavy atom. The Hall–Kier alpha value is -1.79. The summed E-state index contributed by atoms with van der Waals surface area (Å²) in [5.74, 6) is -1.34. The molecule has 25 heavy (non-hydrogen) atoms. The zero-order chi connectivity index (χ0) is 19.1. The molecule has 138 valence electrons. The lowest BCUT2D eigenvalue weighted by Gasteiger charge is -2.23. The van der Waals surface area contributed by atoms with E-state index in [0.29, 0.717) is 22.0 Å². The van der Waals surface area contributed by atoms with Crippen LogP contribution in [0.1, 0.15) is 32.8 Å². The van der Waals surface area contributed by atoms with Crippen molar-refractivity contribution in [3.63, 3.8) is 0 Å². The van der Waals surface area contributed by atoms with E-state index in [2.05, 4.69) is 10.6 Å². The largest absolute Gasteiger partial charge is 0.368 e.